The molecule has 11 aromatic rings. The van der Waals surface area contributed by atoms with Crippen LogP contribution in [0.15, 0.2) is 229 Å². The molecule has 2 heteroatoms. The van der Waals surface area contributed by atoms with E-state index in [1.807, 2.05) is 12.1 Å². The fourth-order valence-corrected chi connectivity index (χ4v) is 8.67. The predicted molar refractivity (Wildman–Crippen MR) is 247 cm³/mol. The smallest absolute Gasteiger partial charge is 0.227 e. The second kappa shape index (κ2) is 14.6. The van der Waals surface area contributed by atoms with E-state index in [0.717, 1.165) is 44.5 Å². The Hall–Kier alpha value is -7.81. The summed E-state index contributed by atoms with van der Waals surface area (Å²) in [5, 5.41) is 4.93. The van der Waals surface area contributed by atoms with Crippen LogP contribution in [-0.4, -0.2) is 4.98 Å². The lowest BCUT2D eigenvalue weighted by molar-refractivity contribution is 0.621. The van der Waals surface area contributed by atoms with Gasteiger partial charge in [0.2, 0.25) is 5.89 Å². The Morgan fingerprint density at radius 3 is 1.05 bits per heavy atom. The highest BCUT2D eigenvalue weighted by Gasteiger charge is 2.20. The molecule has 0 amide bonds. The molecule has 10 aromatic carbocycles. The van der Waals surface area contributed by atoms with E-state index in [2.05, 4.69) is 212 Å². The molecule has 0 aliphatic carbocycles. The van der Waals surface area contributed by atoms with E-state index in [1.54, 1.807) is 0 Å². The molecular weight excluding hydrogens is 715 g/mol. The van der Waals surface area contributed by atoms with Crippen LogP contribution >= 0.6 is 0 Å². The molecule has 0 saturated heterocycles. The molecule has 0 saturated carbocycles. The first kappa shape index (κ1) is 34.4. The molecule has 0 N–H and O–H groups in total. The van der Waals surface area contributed by atoms with Crippen LogP contribution in [0, 0.1) is 0 Å². The first-order valence-electron chi connectivity index (χ1n) is 20.1. The summed E-state index contributed by atoms with van der Waals surface area (Å²) in [6.07, 6.45) is 0. The minimum atomic E-state index is 0.594. The van der Waals surface area contributed by atoms with Crippen molar-refractivity contribution in [3.8, 4) is 78.2 Å². The SMILES string of the molecule is c1ccc(-c2ccc(-c3ccc(-c4ccc(-c5ccccc5)cc4)c4oc(-c5ccc(-c6c7ccccc7c(-c7ccccc7)c7ccccc67)cc5)nc34)cc2)cc1. The first-order chi connectivity index (χ1) is 29.3. The lowest BCUT2D eigenvalue weighted by atomic mass is 9.86. The van der Waals surface area contributed by atoms with Crippen molar-refractivity contribution < 1.29 is 4.42 Å². The third-order valence-electron chi connectivity index (χ3n) is 11.6. The van der Waals surface area contributed by atoms with E-state index in [1.165, 1.54) is 60.5 Å². The number of oxazole rings is 1. The van der Waals surface area contributed by atoms with Crippen molar-refractivity contribution in [2.75, 3.05) is 0 Å². The fraction of sp³-hybridized carbons (Fsp3) is 0. The Labute approximate surface area is 343 Å². The van der Waals surface area contributed by atoms with E-state index in [9.17, 15) is 0 Å². The molecule has 276 valence electrons. The molecule has 1 aromatic heterocycles. The minimum absolute atomic E-state index is 0.594. The van der Waals surface area contributed by atoms with Crippen LogP contribution in [0.2, 0.25) is 0 Å². The second-order valence-corrected chi connectivity index (χ2v) is 15.0. The number of hydrogen-bond donors (Lipinski definition) is 0. The molecule has 0 fully saturated rings. The third kappa shape index (κ3) is 6.19. The molecule has 1 heterocycles. The maximum Gasteiger partial charge on any atom is 0.227 e. The van der Waals surface area contributed by atoms with Gasteiger partial charge in [-0.15, -0.1) is 0 Å². The van der Waals surface area contributed by atoms with Gasteiger partial charge in [-0.05, 0) is 95.4 Å². The van der Waals surface area contributed by atoms with Crippen LogP contribution in [0.5, 0.6) is 0 Å². The Balaban J connectivity index is 1.03. The molecule has 0 aliphatic heterocycles. The average molecular weight is 752 g/mol. The number of nitrogens with zero attached hydrogens (tertiary/aromatic N) is 1. The molecule has 0 bridgehead atoms. The predicted octanol–water partition coefficient (Wildman–Crippen LogP) is 15.8. The van der Waals surface area contributed by atoms with Crippen LogP contribution < -0.4 is 0 Å². The van der Waals surface area contributed by atoms with Crippen molar-refractivity contribution in [2.24, 2.45) is 0 Å². The third-order valence-corrected chi connectivity index (χ3v) is 11.6. The topological polar surface area (TPSA) is 26.0 Å². The highest BCUT2D eigenvalue weighted by molar-refractivity contribution is 6.21. The van der Waals surface area contributed by atoms with Crippen molar-refractivity contribution in [2.45, 2.75) is 0 Å². The minimum Gasteiger partial charge on any atom is -0.435 e. The normalized spacial score (nSPS) is 11.4. The number of rotatable bonds is 7. The summed E-state index contributed by atoms with van der Waals surface area (Å²) in [5.74, 6) is 0.594. The molecule has 0 unspecified atom stereocenters. The van der Waals surface area contributed by atoms with Crippen LogP contribution in [0.3, 0.4) is 0 Å². The van der Waals surface area contributed by atoms with Gasteiger partial charge in [0.05, 0.1) is 0 Å². The Morgan fingerprint density at radius 2 is 0.576 bits per heavy atom. The number of benzene rings is 10. The molecular formula is C57H37NO. The molecule has 0 atom stereocenters. The Morgan fingerprint density at radius 1 is 0.254 bits per heavy atom. The van der Waals surface area contributed by atoms with Gasteiger partial charge in [-0.3, -0.25) is 0 Å². The summed E-state index contributed by atoms with van der Waals surface area (Å²) in [4.78, 5) is 5.27. The largest absolute Gasteiger partial charge is 0.435 e. The zero-order valence-corrected chi connectivity index (χ0v) is 32.2. The monoisotopic (exact) mass is 751 g/mol. The van der Waals surface area contributed by atoms with Crippen LogP contribution in [-0.2, 0) is 0 Å². The highest BCUT2D eigenvalue weighted by Crippen LogP contribution is 2.44. The van der Waals surface area contributed by atoms with Gasteiger partial charge in [0, 0.05) is 16.7 Å². The van der Waals surface area contributed by atoms with Crippen LogP contribution in [0.1, 0.15) is 0 Å². The zero-order valence-electron chi connectivity index (χ0n) is 32.2. The number of hydrogen-bond acceptors (Lipinski definition) is 2. The van der Waals surface area contributed by atoms with E-state index < -0.39 is 0 Å². The lowest BCUT2D eigenvalue weighted by Gasteiger charge is -2.17. The summed E-state index contributed by atoms with van der Waals surface area (Å²) in [5.41, 5.74) is 16.4. The molecule has 59 heavy (non-hydrogen) atoms. The van der Waals surface area contributed by atoms with Crippen LogP contribution in [0.25, 0.3) is 111 Å². The van der Waals surface area contributed by atoms with Gasteiger partial charge in [0.15, 0.2) is 5.58 Å². The van der Waals surface area contributed by atoms with Gasteiger partial charge in [-0.25, -0.2) is 4.98 Å². The maximum atomic E-state index is 6.85. The number of aromatic nitrogens is 1. The van der Waals surface area contributed by atoms with Crippen molar-refractivity contribution in [1.82, 2.24) is 4.98 Å². The summed E-state index contributed by atoms with van der Waals surface area (Å²) in [6.45, 7) is 0. The van der Waals surface area contributed by atoms with E-state index in [0.29, 0.717) is 5.89 Å². The maximum absolute atomic E-state index is 6.85. The molecule has 0 spiro atoms. The standard InChI is InChI=1S/C57H37NO/c1-4-14-38(15-5-1)40-24-28-42(29-25-40)47-36-37-48(43-30-26-41(27-31-43)39-16-6-2-7-17-39)56-55(47)58-57(59-56)46-34-32-45(33-35-46)54-51-22-12-10-20-49(51)53(44-18-8-3-9-19-44)50-21-11-13-23-52(50)54/h1-37H. The van der Waals surface area contributed by atoms with Crippen molar-refractivity contribution >= 4 is 32.6 Å². The van der Waals surface area contributed by atoms with Gasteiger partial charge in [0.25, 0.3) is 0 Å². The Kier molecular flexibility index (Phi) is 8.52. The highest BCUT2D eigenvalue weighted by atomic mass is 16.3. The van der Waals surface area contributed by atoms with Gasteiger partial charge in [-0.2, -0.15) is 0 Å². The summed E-state index contributed by atoms with van der Waals surface area (Å²) in [7, 11) is 0. The fourth-order valence-electron chi connectivity index (χ4n) is 8.67. The first-order valence-corrected chi connectivity index (χ1v) is 20.1. The summed E-state index contributed by atoms with van der Waals surface area (Å²) < 4.78 is 6.85. The van der Waals surface area contributed by atoms with Crippen LogP contribution in [0.4, 0.5) is 0 Å². The lowest BCUT2D eigenvalue weighted by Crippen LogP contribution is -1.90. The number of fused-ring (bicyclic) bond motifs is 3. The quantitative estimate of drug-likeness (QED) is 0.152. The van der Waals surface area contributed by atoms with Crippen molar-refractivity contribution in [3.63, 3.8) is 0 Å². The molecule has 11 rings (SSSR count). The van der Waals surface area contributed by atoms with Gasteiger partial charge in [0.1, 0.15) is 5.52 Å². The molecule has 2 nitrogen and oxygen atoms in total. The van der Waals surface area contributed by atoms with E-state index in [-0.39, 0.29) is 0 Å². The Bertz CT molecular complexity index is 3080. The second-order valence-electron chi connectivity index (χ2n) is 15.0. The van der Waals surface area contributed by atoms with Gasteiger partial charge < -0.3 is 4.42 Å². The van der Waals surface area contributed by atoms with Gasteiger partial charge in [-0.1, -0.05) is 206 Å². The van der Waals surface area contributed by atoms with Crippen molar-refractivity contribution in [3.05, 3.63) is 224 Å². The molecule has 0 radical (unpaired) electrons. The summed E-state index contributed by atoms with van der Waals surface area (Å²) in [6, 6.07) is 79.8. The average Bonchev–Trinajstić information content (AvgIpc) is 3.77. The van der Waals surface area contributed by atoms with Crippen molar-refractivity contribution in [1.29, 1.82) is 0 Å². The zero-order chi connectivity index (χ0) is 39.1. The molecule has 0 aliphatic rings. The van der Waals surface area contributed by atoms with Gasteiger partial charge >= 0.3 is 0 Å². The summed E-state index contributed by atoms with van der Waals surface area (Å²) >= 11 is 0. The van der Waals surface area contributed by atoms with E-state index >= 15 is 0 Å². The van der Waals surface area contributed by atoms with E-state index in [4.69, 9.17) is 9.40 Å².